The van der Waals surface area contributed by atoms with Gasteiger partial charge in [-0.15, -0.1) is 0 Å². The Kier molecular flexibility index (Phi) is 2.55. The van der Waals surface area contributed by atoms with E-state index in [0.717, 1.165) is 11.3 Å². The molecule has 0 fully saturated rings. The van der Waals surface area contributed by atoms with Gasteiger partial charge >= 0.3 is 0 Å². The lowest BCUT2D eigenvalue weighted by Crippen LogP contribution is -2.18. The summed E-state index contributed by atoms with van der Waals surface area (Å²) >= 11 is 6.15. The Morgan fingerprint density at radius 2 is 1.80 bits per heavy atom. The van der Waals surface area contributed by atoms with E-state index in [1.807, 2.05) is 12.1 Å². The van der Waals surface area contributed by atoms with E-state index >= 15 is 0 Å². The maximum Gasteiger partial charge on any atom is 0.179 e. The molecule has 0 spiro atoms. The van der Waals surface area contributed by atoms with Crippen LogP contribution in [0.4, 0.5) is 0 Å². The van der Waals surface area contributed by atoms with Crippen molar-refractivity contribution in [2.24, 2.45) is 0 Å². The average molecular weight is 227 g/mol. The average Bonchev–Trinajstić information content (AvgIpc) is 2.16. The van der Waals surface area contributed by atoms with E-state index < -0.39 is 0 Å². The molecule has 1 aromatic carbocycles. The molecule has 2 rings (SSSR count). The molecular formula is C12H15ClO2. The van der Waals surface area contributed by atoms with Gasteiger partial charge in [0, 0.05) is 0 Å². The highest BCUT2D eigenvalue weighted by Crippen LogP contribution is 2.40. The highest BCUT2D eigenvalue weighted by Gasteiger charge is 2.21. The molecule has 0 aromatic heterocycles. The van der Waals surface area contributed by atoms with Gasteiger partial charge in [0.2, 0.25) is 0 Å². The molecule has 0 saturated carbocycles. The zero-order valence-corrected chi connectivity index (χ0v) is 10.0. The van der Waals surface area contributed by atoms with Crippen LogP contribution in [0.1, 0.15) is 26.3 Å². The van der Waals surface area contributed by atoms with Gasteiger partial charge in [0.15, 0.2) is 11.5 Å². The van der Waals surface area contributed by atoms with E-state index in [9.17, 15) is 0 Å². The van der Waals surface area contributed by atoms with Crippen molar-refractivity contribution in [2.75, 3.05) is 13.2 Å². The molecule has 0 amide bonds. The molecular weight excluding hydrogens is 212 g/mol. The molecule has 1 aliphatic rings. The van der Waals surface area contributed by atoms with Crippen molar-refractivity contribution in [1.82, 2.24) is 0 Å². The minimum Gasteiger partial charge on any atom is -0.486 e. The second kappa shape index (κ2) is 3.60. The van der Waals surface area contributed by atoms with Crippen LogP contribution in [-0.2, 0) is 5.41 Å². The fraction of sp³-hybridized carbons (Fsp3) is 0.500. The van der Waals surface area contributed by atoms with E-state index in [1.54, 1.807) is 0 Å². The van der Waals surface area contributed by atoms with Crippen molar-refractivity contribution >= 4 is 11.6 Å². The molecule has 0 atom stereocenters. The summed E-state index contributed by atoms with van der Waals surface area (Å²) in [6, 6.07) is 3.97. The lowest BCUT2D eigenvalue weighted by Gasteiger charge is -2.24. The first-order chi connectivity index (χ1) is 6.98. The fourth-order valence-electron chi connectivity index (χ4n) is 1.54. The third-order valence-corrected chi connectivity index (χ3v) is 2.74. The number of ether oxygens (including phenoxy) is 2. The standard InChI is InChI=1S/C12H15ClO2/c1-12(2,3)8-6-9(13)11-10(7-8)14-4-5-15-11/h6-7H,4-5H2,1-3H3. The third kappa shape index (κ3) is 2.05. The molecule has 0 unspecified atom stereocenters. The van der Waals surface area contributed by atoms with Gasteiger partial charge < -0.3 is 9.47 Å². The predicted octanol–water partition coefficient (Wildman–Crippen LogP) is 3.41. The summed E-state index contributed by atoms with van der Waals surface area (Å²) in [6.07, 6.45) is 0. The lowest BCUT2D eigenvalue weighted by molar-refractivity contribution is 0.171. The molecule has 0 N–H and O–H groups in total. The fourth-order valence-corrected chi connectivity index (χ4v) is 1.81. The minimum absolute atomic E-state index is 0.0689. The molecule has 3 heteroatoms. The summed E-state index contributed by atoms with van der Waals surface area (Å²) in [5, 5.41) is 0.636. The van der Waals surface area contributed by atoms with Gasteiger partial charge in [0.25, 0.3) is 0 Å². The van der Waals surface area contributed by atoms with Gasteiger partial charge in [0.05, 0.1) is 5.02 Å². The van der Waals surface area contributed by atoms with Crippen LogP contribution in [0.25, 0.3) is 0 Å². The smallest absolute Gasteiger partial charge is 0.179 e. The summed E-state index contributed by atoms with van der Waals surface area (Å²) in [5.74, 6) is 1.44. The maximum atomic E-state index is 6.15. The molecule has 1 aromatic rings. The van der Waals surface area contributed by atoms with Crippen LogP contribution in [0.3, 0.4) is 0 Å². The summed E-state index contributed by atoms with van der Waals surface area (Å²) in [4.78, 5) is 0. The topological polar surface area (TPSA) is 18.5 Å². The first-order valence-electron chi connectivity index (χ1n) is 5.08. The quantitative estimate of drug-likeness (QED) is 0.675. The van der Waals surface area contributed by atoms with Crippen LogP contribution in [0, 0.1) is 0 Å². The molecule has 0 saturated heterocycles. The van der Waals surface area contributed by atoms with Crippen molar-refractivity contribution < 1.29 is 9.47 Å². The Balaban J connectivity index is 2.50. The first-order valence-corrected chi connectivity index (χ1v) is 5.46. The normalized spacial score (nSPS) is 15.2. The zero-order valence-electron chi connectivity index (χ0n) is 9.26. The number of hydrogen-bond donors (Lipinski definition) is 0. The van der Waals surface area contributed by atoms with E-state index in [-0.39, 0.29) is 5.41 Å². The van der Waals surface area contributed by atoms with E-state index in [1.165, 1.54) is 0 Å². The van der Waals surface area contributed by atoms with Crippen LogP contribution in [0.5, 0.6) is 11.5 Å². The van der Waals surface area contributed by atoms with Crippen molar-refractivity contribution in [1.29, 1.82) is 0 Å². The lowest BCUT2D eigenvalue weighted by atomic mass is 9.87. The van der Waals surface area contributed by atoms with E-state index in [4.69, 9.17) is 21.1 Å². The molecule has 1 aliphatic heterocycles. The van der Waals surface area contributed by atoms with Crippen LogP contribution < -0.4 is 9.47 Å². The number of hydrogen-bond acceptors (Lipinski definition) is 2. The molecule has 0 bridgehead atoms. The van der Waals surface area contributed by atoms with Gasteiger partial charge in [-0.2, -0.15) is 0 Å². The largest absolute Gasteiger partial charge is 0.486 e. The van der Waals surface area contributed by atoms with Crippen LogP contribution in [0.15, 0.2) is 12.1 Å². The predicted molar refractivity (Wildman–Crippen MR) is 61.1 cm³/mol. The Morgan fingerprint density at radius 3 is 2.47 bits per heavy atom. The van der Waals surface area contributed by atoms with Crippen LogP contribution >= 0.6 is 11.6 Å². The first kappa shape index (κ1) is 10.6. The molecule has 15 heavy (non-hydrogen) atoms. The minimum atomic E-state index is 0.0689. The second-order valence-electron chi connectivity index (χ2n) is 4.73. The Hall–Kier alpha value is -0.890. The van der Waals surface area contributed by atoms with Crippen LogP contribution in [-0.4, -0.2) is 13.2 Å². The Bertz CT molecular complexity index is 380. The third-order valence-electron chi connectivity index (χ3n) is 2.46. The summed E-state index contributed by atoms with van der Waals surface area (Å²) in [5.41, 5.74) is 1.23. The van der Waals surface area contributed by atoms with E-state index in [0.29, 0.717) is 24.0 Å². The van der Waals surface area contributed by atoms with Gasteiger partial charge in [-0.3, -0.25) is 0 Å². The van der Waals surface area contributed by atoms with Gasteiger partial charge in [0.1, 0.15) is 13.2 Å². The van der Waals surface area contributed by atoms with Gasteiger partial charge in [-0.1, -0.05) is 32.4 Å². The molecule has 0 aliphatic carbocycles. The van der Waals surface area contributed by atoms with Crippen LogP contribution in [0.2, 0.25) is 5.02 Å². The number of rotatable bonds is 0. The highest BCUT2D eigenvalue weighted by molar-refractivity contribution is 6.32. The SMILES string of the molecule is CC(C)(C)c1cc(Cl)c2c(c1)OCCO2. The maximum absolute atomic E-state index is 6.15. The molecule has 82 valence electrons. The van der Waals surface area contributed by atoms with Crippen molar-refractivity contribution in [2.45, 2.75) is 26.2 Å². The van der Waals surface area contributed by atoms with Crippen molar-refractivity contribution in [3.05, 3.63) is 22.7 Å². The second-order valence-corrected chi connectivity index (χ2v) is 5.14. The summed E-state index contributed by atoms with van der Waals surface area (Å²) in [7, 11) is 0. The number of benzene rings is 1. The molecule has 1 heterocycles. The Morgan fingerprint density at radius 1 is 1.13 bits per heavy atom. The number of halogens is 1. The monoisotopic (exact) mass is 226 g/mol. The highest BCUT2D eigenvalue weighted by atomic mass is 35.5. The Labute approximate surface area is 95.1 Å². The van der Waals surface area contributed by atoms with Crippen molar-refractivity contribution in [3.8, 4) is 11.5 Å². The van der Waals surface area contributed by atoms with Gasteiger partial charge in [-0.25, -0.2) is 0 Å². The molecule has 2 nitrogen and oxygen atoms in total. The summed E-state index contributed by atoms with van der Waals surface area (Å²) < 4.78 is 11.0. The van der Waals surface area contributed by atoms with Crippen molar-refractivity contribution in [3.63, 3.8) is 0 Å². The molecule has 0 radical (unpaired) electrons. The van der Waals surface area contributed by atoms with E-state index in [2.05, 4.69) is 20.8 Å². The van der Waals surface area contributed by atoms with Gasteiger partial charge in [-0.05, 0) is 23.1 Å². The zero-order chi connectivity index (χ0) is 11.1. The summed E-state index contributed by atoms with van der Waals surface area (Å²) in [6.45, 7) is 7.61. The number of fused-ring (bicyclic) bond motifs is 1.